The molecule has 2 aromatic rings. The van der Waals surface area contributed by atoms with Gasteiger partial charge in [-0.25, -0.2) is 4.39 Å². The quantitative estimate of drug-likeness (QED) is 0.840. The molecule has 2 heteroatoms. The highest BCUT2D eigenvalue weighted by Crippen LogP contribution is 2.25. The van der Waals surface area contributed by atoms with Crippen molar-refractivity contribution in [2.45, 2.75) is 44.7 Å². The van der Waals surface area contributed by atoms with E-state index in [-0.39, 0.29) is 5.82 Å². The molecular weight excluding hydrogens is 261 g/mol. The molecule has 0 unspecified atom stereocenters. The Hall–Kier alpha value is -1.67. The van der Waals surface area contributed by atoms with E-state index < -0.39 is 0 Å². The summed E-state index contributed by atoms with van der Waals surface area (Å²) in [6.07, 6.45) is 6.55. The van der Waals surface area contributed by atoms with Gasteiger partial charge in [-0.05, 0) is 41.7 Å². The normalized spacial score (nSPS) is 16.0. The fraction of sp³-hybridized carbons (Fsp3) is 0.368. The smallest absolute Gasteiger partial charge is 0.123 e. The Labute approximate surface area is 126 Å². The lowest BCUT2D eigenvalue weighted by Crippen LogP contribution is -2.30. The highest BCUT2D eigenvalue weighted by Gasteiger charge is 2.13. The van der Waals surface area contributed by atoms with E-state index in [0.29, 0.717) is 6.04 Å². The molecule has 2 aromatic carbocycles. The molecule has 21 heavy (non-hydrogen) atoms. The maximum absolute atomic E-state index is 13.6. The first-order valence-corrected chi connectivity index (χ1v) is 7.90. The summed E-state index contributed by atoms with van der Waals surface area (Å²) in [6.45, 7) is 0.815. The van der Waals surface area contributed by atoms with Crippen LogP contribution in [-0.4, -0.2) is 6.04 Å². The first-order chi connectivity index (χ1) is 10.3. The van der Waals surface area contributed by atoms with E-state index in [1.807, 2.05) is 36.4 Å². The van der Waals surface area contributed by atoms with E-state index in [4.69, 9.17) is 0 Å². The van der Waals surface area contributed by atoms with Crippen molar-refractivity contribution in [1.29, 1.82) is 0 Å². The number of nitrogens with one attached hydrogen (secondary N) is 1. The summed E-state index contributed by atoms with van der Waals surface area (Å²) in [4.78, 5) is 0. The van der Waals surface area contributed by atoms with E-state index in [1.165, 1.54) is 37.7 Å². The lowest BCUT2D eigenvalue weighted by atomic mass is 9.94. The van der Waals surface area contributed by atoms with Gasteiger partial charge in [0.25, 0.3) is 0 Å². The molecule has 0 saturated heterocycles. The third kappa shape index (κ3) is 3.70. The van der Waals surface area contributed by atoms with Crippen molar-refractivity contribution in [2.75, 3.05) is 0 Å². The zero-order valence-corrected chi connectivity index (χ0v) is 12.3. The molecule has 0 aromatic heterocycles. The molecule has 0 amide bonds. The average Bonchev–Trinajstić information content (AvgIpc) is 2.55. The van der Waals surface area contributed by atoms with Crippen LogP contribution in [0.5, 0.6) is 0 Å². The molecule has 1 aliphatic carbocycles. The zero-order chi connectivity index (χ0) is 14.5. The predicted octanol–water partition coefficient (Wildman–Crippen LogP) is 4.92. The molecule has 0 spiro atoms. The van der Waals surface area contributed by atoms with E-state index in [9.17, 15) is 4.39 Å². The molecule has 0 atom stereocenters. The van der Waals surface area contributed by atoms with Crippen molar-refractivity contribution >= 4 is 0 Å². The monoisotopic (exact) mass is 283 g/mol. The van der Waals surface area contributed by atoms with Gasteiger partial charge in [0, 0.05) is 12.6 Å². The summed E-state index contributed by atoms with van der Waals surface area (Å²) < 4.78 is 13.6. The van der Waals surface area contributed by atoms with Crippen molar-refractivity contribution in [2.24, 2.45) is 0 Å². The molecule has 0 aliphatic heterocycles. The van der Waals surface area contributed by atoms with Crippen molar-refractivity contribution in [3.63, 3.8) is 0 Å². The Morgan fingerprint density at radius 3 is 2.48 bits per heavy atom. The van der Waals surface area contributed by atoms with Gasteiger partial charge in [-0.15, -0.1) is 0 Å². The molecule has 1 fully saturated rings. The summed E-state index contributed by atoms with van der Waals surface area (Å²) in [6, 6.07) is 15.8. The van der Waals surface area contributed by atoms with Gasteiger partial charge in [0.15, 0.2) is 0 Å². The van der Waals surface area contributed by atoms with Crippen LogP contribution in [0.15, 0.2) is 48.5 Å². The van der Waals surface area contributed by atoms with E-state index in [0.717, 1.165) is 17.7 Å². The van der Waals surface area contributed by atoms with Gasteiger partial charge in [-0.2, -0.15) is 0 Å². The number of rotatable bonds is 4. The van der Waals surface area contributed by atoms with Gasteiger partial charge >= 0.3 is 0 Å². The predicted molar refractivity (Wildman–Crippen MR) is 85.5 cm³/mol. The minimum absolute atomic E-state index is 0.171. The van der Waals surface area contributed by atoms with E-state index in [1.54, 1.807) is 12.1 Å². The Morgan fingerprint density at radius 1 is 0.952 bits per heavy atom. The maximum Gasteiger partial charge on any atom is 0.123 e. The second-order valence-corrected chi connectivity index (χ2v) is 5.88. The number of benzene rings is 2. The Balaban J connectivity index is 1.78. The summed E-state index contributed by atoms with van der Waals surface area (Å²) >= 11 is 0. The Morgan fingerprint density at radius 2 is 1.71 bits per heavy atom. The van der Waals surface area contributed by atoms with Crippen LogP contribution in [-0.2, 0) is 6.54 Å². The fourth-order valence-electron chi connectivity index (χ4n) is 3.15. The number of hydrogen-bond acceptors (Lipinski definition) is 1. The standard InChI is InChI=1S/C19H22FN/c20-17-12-11-16(14-21-18-9-5-2-6-10-18)19(13-17)15-7-3-1-4-8-15/h1,3-4,7-8,11-13,18,21H,2,5-6,9-10,14H2. The second-order valence-electron chi connectivity index (χ2n) is 5.88. The van der Waals surface area contributed by atoms with Crippen LogP contribution in [0, 0.1) is 5.82 Å². The minimum Gasteiger partial charge on any atom is -0.310 e. The molecule has 3 rings (SSSR count). The van der Waals surface area contributed by atoms with Crippen LogP contribution >= 0.6 is 0 Å². The Kier molecular flexibility index (Phi) is 4.66. The summed E-state index contributed by atoms with van der Waals surface area (Å²) in [5, 5.41) is 3.65. The van der Waals surface area contributed by atoms with Crippen LogP contribution < -0.4 is 5.32 Å². The average molecular weight is 283 g/mol. The van der Waals surface area contributed by atoms with Crippen molar-refractivity contribution in [3.8, 4) is 11.1 Å². The van der Waals surface area contributed by atoms with Crippen LogP contribution in [0.2, 0.25) is 0 Å². The summed E-state index contributed by atoms with van der Waals surface area (Å²) in [5.74, 6) is -0.171. The lowest BCUT2D eigenvalue weighted by molar-refractivity contribution is 0.372. The first-order valence-electron chi connectivity index (χ1n) is 7.90. The van der Waals surface area contributed by atoms with Gasteiger partial charge in [0.05, 0.1) is 0 Å². The van der Waals surface area contributed by atoms with Crippen LogP contribution in [0.3, 0.4) is 0 Å². The SMILES string of the molecule is Fc1ccc(CNC2CCCCC2)c(-c2ccccc2)c1. The molecule has 1 N–H and O–H groups in total. The largest absolute Gasteiger partial charge is 0.310 e. The van der Waals surface area contributed by atoms with Gasteiger partial charge in [-0.1, -0.05) is 55.7 Å². The molecule has 0 bridgehead atoms. The van der Waals surface area contributed by atoms with Gasteiger partial charge < -0.3 is 5.32 Å². The molecule has 0 heterocycles. The third-order valence-corrected chi connectivity index (χ3v) is 4.34. The lowest BCUT2D eigenvalue weighted by Gasteiger charge is -2.23. The van der Waals surface area contributed by atoms with Crippen LogP contribution in [0.1, 0.15) is 37.7 Å². The van der Waals surface area contributed by atoms with E-state index in [2.05, 4.69) is 5.32 Å². The third-order valence-electron chi connectivity index (χ3n) is 4.34. The minimum atomic E-state index is -0.171. The molecule has 1 aliphatic rings. The highest BCUT2D eigenvalue weighted by molar-refractivity contribution is 5.67. The molecule has 0 radical (unpaired) electrons. The topological polar surface area (TPSA) is 12.0 Å². The van der Waals surface area contributed by atoms with Crippen molar-refractivity contribution < 1.29 is 4.39 Å². The second kappa shape index (κ2) is 6.86. The molecular formula is C19H22FN. The zero-order valence-electron chi connectivity index (χ0n) is 12.3. The number of hydrogen-bond donors (Lipinski definition) is 1. The van der Waals surface area contributed by atoms with Crippen molar-refractivity contribution in [3.05, 3.63) is 59.9 Å². The van der Waals surface area contributed by atoms with E-state index >= 15 is 0 Å². The summed E-state index contributed by atoms with van der Waals surface area (Å²) in [5.41, 5.74) is 3.25. The van der Waals surface area contributed by atoms with Crippen LogP contribution in [0.25, 0.3) is 11.1 Å². The van der Waals surface area contributed by atoms with Gasteiger partial charge in [-0.3, -0.25) is 0 Å². The first kappa shape index (κ1) is 14.3. The van der Waals surface area contributed by atoms with Crippen LogP contribution in [0.4, 0.5) is 4.39 Å². The summed E-state index contributed by atoms with van der Waals surface area (Å²) in [7, 11) is 0. The molecule has 110 valence electrons. The van der Waals surface area contributed by atoms with Crippen molar-refractivity contribution in [1.82, 2.24) is 5.32 Å². The Bertz CT molecular complexity index is 573. The van der Waals surface area contributed by atoms with Gasteiger partial charge in [0.1, 0.15) is 5.82 Å². The number of halogens is 1. The molecule has 1 saturated carbocycles. The highest BCUT2D eigenvalue weighted by atomic mass is 19.1. The van der Waals surface area contributed by atoms with Gasteiger partial charge in [0.2, 0.25) is 0 Å². The fourth-order valence-corrected chi connectivity index (χ4v) is 3.15. The molecule has 1 nitrogen and oxygen atoms in total. The maximum atomic E-state index is 13.6.